The normalized spacial score (nSPS) is 27.6. The molecule has 2 atom stereocenters. The molecule has 7 heteroatoms. The van der Waals surface area contributed by atoms with Crippen LogP contribution in [0.5, 0.6) is 0 Å². The van der Waals surface area contributed by atoms with Crippen molar-refractivity contribution < 1.29 is 13.2 Å². The van der Waals surface area contributed by atoms with Crippen molar-refractivity contribution in [3.8, 4) is 0 Å². The lowest BCUT2D eigenvalue weighted by Crippen LogP contribution is -2.45. The van der Waals surface area contributed by atoms with Crippen molar-refractivity contribution in [2.45, 2.75) is 29.9 Å². The summed E-state index contributed by atoms with van der Waals surface area (Å²) in [6, 6.07) is 4.47. The molecule has 1 aromatic rings. The molecule has 3 rings (SSSR count). The highest BCUT2D eigenvalue weighted by molar-refractivity contribution is 7.89. The summed E-state index contributed by atoms with van der Waals surface area (Å²) in [5.41, 5.74) is 5.96. The largest absolute Gasteiger partial charge is 0.398 e. The van der Waals surface area contributed by atoms with E-state index in [1.165, 1.54) is 16.4 Å². The van der Waals surface area contributed by atoms with Crippen molar-refractivity contribution in [1.29, 1.82) is 0 Å². The van der Waals surface area contributed by atoms with Crippen LogP contribution in [0.25, 0.3) is 0 Å². The highest BCUT2D eigenvalue weighted by Crippen LogP contribution is 2.32. The minimum atomic E-state index is -3.57. The fourth-order valence-corrected chi connectivity index (χ4v) is 4.45. The fraction of sp³-hybridized carbons (Fsp3) is 0.500. The Hall–Kier alpha value is -0.820. The maximum absolute atomic E-state index is 12.6. The molecule has 5 nitrogen and oxygen atoms in total. The number of morpholine rings is 1. The van der Waals surface area contributed by atoms with Crippen molar-refractivity contribution in [2.75, 3.05) is 18.8 Å². The number of benzene rings is 1. The second kappa shape index (κ2) is 4.63. The fourth-order valence-electron chi connectivity index (χ4n) is 2.67. The highest BCUT2D eigenvalue weighted by Gasteiger charge is 2.39. The molecule has 2 bridgehead atoms. The number of fused-ring (bicyclic) bond motifs is 2. The van der Waals surface area contributed by atoms with E-state index < -0.39 is 10.0 Å². The molecule has 2 aliphatic rings. The summed E-state index contributed by atoms with van der Waals surface area (Å²) in [6.07, 6.45) is 1.88. The van der Waals surface area contributed by atoms with Crippen LogP contribution in [0.4, 0.5) is 5.69 Å². The zero-order chi connectivity index (χ0) is 13.6. The molecule has 2 aliphatic heterocycles. The van der Waals surface area contributed by atoms with E-state index in [1.807, 2.05) is 0 Å². The van der Waals surface area contributed by atoms with Gasteiger partial charge in [-0.05, 0) is 31.0 Å². The van der Waals surface area contributed by atoms with Gasteiger partial charge in [-0.3, -0.25) is 0 Å². The van der Waals surface area contributed by atoms with Crippen molar-refractivity contribution in [3.05, 3.63) is 23.2 Å². The number of sulfonamides is 1. The van der Waals surface area contributed by atoms with E-state index in [-0.39, 0.29) is 22.8 Å². The van der Waals surface area contributed by atoms with Crippen LogP contribution in [0, 0.1) is 0 Å². The minimum absolute atomic E-state index is 0.0158. The molecule has 2 N–H and O–H groups in total. The van der Waals surface area contributed by atoms with Gasteiger partial charge in [-0.25, -0.2) is 8.42 Å². The maximum atomic E-state index is 12.6. The van der Waals surface area contributed by atoms with Gasteiger partial charge in [0, 0.05) is 18.1 Å². The molecular formula is C12H15ClN2O3S. The Morgan fingerprint density at radius 1 is 1.26 bits per heavy atom. The number of rotatable bonds is 2. The van der Waals surface area contributed by atoms with E-state index in [9.17, 15) is 8.42 Å². The van der Waals surface area contributed by atoms with Gasteiger partial charge in [0.15, 0.2) is 0 Å². The van der Waals surface area contributed by atoms with Crippen LogP contribution in [0.1, 0.15) is 12.8 Å². The number of hydrogen-bond acceptors (Lipinski definition) is 4. The minimum Gasteiger partial charge on any atom is -0.398 e. The van der Waals surface area contributed by atoms with Gasteiger partial charge in [-0.1, -0.05) is 11.6 Å². The van der Waals surface area contributed by atoms with Crippen molar-refractivity contribution in [2.24, 2.45) is 0 Å². The SMILES string of the molecule is Nc1cc(Cl)ccc1S(=O)(=O)N1CC2CCC(C1)O2. The molecule has 0 amide bonds. The maximum Gasteiger partial charge on any atom is 0.245 e. The second-order valence-corrected chi connectivity index (χ2v) is 7.30. The summed E-state index contributed by atoms with van der Waals surface area (Å²) in [7, 11) is -3.57. The van der Waals surface area contributed by atoms with Gasteiger partial charge >= 0.3 is 0 Å². The van der Waals surface area contributed by atoms with E-state index in [2.05, 4.69) is 0 Å². The smallest absolute Gasteiger partial charge is 0.245 e. The van der Waals surface area contributed by atoms with E-state index in [4.69, 9.17) is 22.1 Å². The Morgan fingerprint density at radius 3 is 2.47 bits per heavy atom. The number of nitrogens with two attached hydrogens (primary N) is 1. The van der Waals surface area contributed by atoms with Crippen molar-refractivity contribution in [3.63, 3.8) is 0 Å². The summed E-state index contributed by atoms with van der Waals surface area (Å²) < 4.78 is 32.3. The number of nitrogen functional groups attached to an aromatic ring is 1. The van der Waals surface area contributed by atoms with Gasteiger partial charge in [0.05, 0.1) is 17.9 Å². The molecule has 1 aromatic carbocycles. The lowest BCUT2D eigenvalue weighted by molar-refractivity contribution is -0.0114. The first-order valence-electron chi connectivity index (χ1n) is 6.17. The first kappa shape index (κ1) is 13.2. The monoisotopic (exact) mass is 302 g/mol. The number of hydrogen-bond donors (Lipinski definition) is 1. The summed E-state index contributed by atoms with van der Waals surface area (Å²) in [5.74, 6) is 0. The van der Waals surface area contributed by atoms with Crippen LogP contribution >= 0.6 is 11.6 Å². The summed E-state index contributed by atoms with van der Waals surface area (Å²) >= 11 is 5.80. The third-order valence-electron chi connectivity index (χ3n) is 3.60. The number of nitrogens with zero attached hydrogens (tertiary/aromatic N) is 1. The van der Waals surface area contributed by atoms with Crippen LogP contribution < -0.4 is 5.73 Å². The third kappa shape index (κ3) is 2.33. The summed E-state index contributed by atoms with van der Waals surface area (Å²) in [6.45, 7) is 0.807. The topological polar surface area (TPSA) is 72.6 Å². The summed E-state index contributed by atoms with van der Waals surface area (Å²) in [4.78, 5) is 0.123. The van der Waals surface area contributed by atoms with E-state index in [0.29, 0.717) is 18.1 Å². The Balaban J connectivity index is 1.94. The van der Waals surface area contributed by atoms with Crippen molar-refractivity contribution >= 4 is 27.3 Å². The zero-order valence-corrected chi connectivity index (χ0v) is 11.8. The van der Waals surface area contributed by atoms with Crippen molar-refractivity contribution in [1.82, 2.24) is 4.31 Å². The molecule has 19 heavy (non-hydrogen) atoms. The molecule has 0 aromatic heterocycles. The molecule has 0 spiro atoms. The molecule has 2 saturated heterocycles. The standard InChI is InChI=1S/C12H15ClN2O3S/c13-8-1-4-12(11(14)5-8)19(16,17)15-6-9-2-3-10(7-15)18-9/h1,4-5,9-10H,2-3,6-7,14H2. The molecule has 2 heterocycles. The van der Waals surface area contributed by atoms with Gasteiger partial charge in [-0.2, -0.15) is 4.31 Å². The van der Waals surface area contributed by atoms with Crippen LogP contribution in [0.15, 0.2) is 23.1 Å². The van der Waals surface area contributed by atoms with Crippen LogP contribution in [0.3, 0.4) is 0 Å². The summed E-state index contributed by atoms with van der Waals surface area (Å²) in [5, 5.41) is 0.429. The number of anilines is 1. The average Bonchev–Trinajstić information content (AvgIpc) is 2.67. The third-order valence-corrected chi connectivity index (χ3v) is 5.74. The Bertz CT molecular complexity index is 593. The molecular weight excluding hydrogens is 288 g/mol. The van der Waals surface area contributed by atoms with Gasteiger partial charge in [0.1, 0.15) is 4.90 Å². The first-order valence-corrected chi connectivity index (χ1v) is 7.99. The first-order chi connectivity index (χ1) is 8.96. The Labute approximate surface area is 117 Å². The molecule has 2 fully saturated rings. The van der Waals surface area contributed by atoms with Gasteiger partial charge in [0.2, 0.25) is 10.0 Å². The zero-order valence-electron chi connectivity index (χ0n) is 10.3. The molecule has 2 unspecified atom stereocenters. The molecule has 0 aliphatic carbocycles. The van der Waals surface area contributed by atoms with Crippen LogP contribution in [-0.4, -0.2) is 38.0 Å². The molecule has 0 saturated carbocycles. The van der Waals surface area contributed by atoms with Crippen LogP contribution in [0.2, 0.25) is 5.02 Å². The van der Waals surface area contributed by atoms with E-state index in [1.54, 1.807) is 6.07 Å². The predicted octanol–water partition coefficient (Wildman–Crippen LogP) is 1.47. The second-order valence-electron chi connectivity index (χ2n) is 4.96. The number of ether oxygens (including phenoxy) is 1. The van der Waals surface area contributed by atoms with Gasteiger partial charge in [-0.15, -0.1) is 0 Å². The lowest BCUT2D eigenvalue weighted by atomic mass is 10.2. The highest BCUT2D eigenvalue weighted by atomic mass is 35.5. The molecule has 104 valence electrons. The van der Waals surface area contributed by atoms with Crippen LogP contribution in [-0.2, 0) is 14.8 Å². The lowest BCUT2D eigenvalue weighted by Gasteiger charge is -2.31. The Morgan fingerprint density at radius 2 is 1.89 bits per heavy atom. The Kier molecular flexibility index (Phi) is 3.21. The van der Waals surface area contributed by atoms with Gasteiger partial charge < -0.3 is 10.5 Å². The quantitative estimate of drug-likeness (QED) is 0.840. The average molecular weight is 303 g/mol. The van der Waals surface area contributed by atoms with Gasteiger partial charge in [0.25, 0.3) is 0 Å². The van der Waals surface area contributed by atoms with E-state index >= 15 is 0 Å². The molecule has 0 radical (unpaired) electrons. The van der Waals surface area contributed by atoms with E-state index in [0.717, 1.165) is 12.8 Å². The predicted molar refractivity (Wildman–Crippen MR) is 72.5 cm³/mol. The number of halogens is 1.